The number of hydrogen-bond donors (Lipinski definition) is 0. The first-order valence-electron chi connectivity index (χ1n) is 7.28. The van der Waals surface area contributed by atoms with E-state index < -0.39 is 9.84 Å². The van der Waals surface area contributed by atoms with E-state index in [9.17, 15) is 8.42 Å². The molecule has 0 aromatic carbocycles. The number of sulfone groups is 1. The maximum Gasteiger partial charge on any atom is 0.210 e. The molecule has 2 aromatic heterocycles. The lowest BCUT2D eigenvalue weighted by Crippen LogP contribution is -2.11. The Balaban J connectivity index is 2.73. The van der Waals surface area contributed by atoms with Crippen LogP contribution in [0.25, 0.3) is 9.81 Å². The minimum atomic E-state index is -3.73. The maximum atomic E-state index is 13.3. The highest BCUT2D eigenvalue weighted by atomic mass is 32.2. The van der Waals surface area contributed by atoms with Crippen LogP contribution in [0, 0.1) is 0 Å². The lowest BCUT2D eigenvalue weighted by atomic mass is 10.2. The van der Waals surface area contributed by atoms with Crippen LogP contribution in [0.4, 0.5) is 0 Å². The monoisotopic (exact) mass is 328 g/mol. The molecule has 0 aliphatic carbocycles. The summed E-state index contributed by atoms with van der Waals surface area (Å²) in [5, 5.41) is 0. The fraction of sp³-hybridized carbons (Fsp3) is 0.222. The minimum absolute atomic E-state index is 0.236. The molecule has 0 bridgehead atoms. The summed E-state index contributed by atoms with van der Waals surface area (Å²) < 4.78 is 26.6. The molecular weight excluding hydrogens is 308 g/mol. The molecule has 120 valence electrons. The second-order valence-corrected chi connectivity index (χ2v) is 7.42. The van der Waals surface area contributed by atoms with Crippen molar-refractivity contribution in [1.82, 2.24) is 9.97 Å². The summed E-state index contributed by atoms with van der Waals surface area (Å²) in [6.07, 6.45) is 3.19. The van der Waals surface area contributed by atoms with E-state index in [4.69, 9.17) is 0 Å². The van der Waals surface area contributed by atoms with Crippen LogP contribution in [-0.4, -0.2) is 18.4 Å². The van der Waals surface area contributed by atoms with Crippen LogP contribution < -0.4 is 0 Å². The number of hydrogen-bond acceptors (Lipinski definition) is 4. The van der Waals surface area contributed by atoms with Crippen LogP contribution in [0.2, 0.25) is 0 Å². The van der Waals surface area contributed by atoms with Gasteiger partial charge in [0.05, 0.1) is 21.2 Å². The third-order valence-corrected chi connectivity index (χ3v) is 5.55. The molecule has 0 amide bonds. The van der Waals surface area contributed by atoms with Gasteiger partial charge >= 0.3 is 0 Å². The fourth-order valence-corrected chi connectivity index (χ4v) is 4.49. The van der Waals surface area contributed by atoms with E-state index in [1.807, 2.05) is 0 Å². The highest BCUT2D eigenvalue weighted by Gasteiger charge is 2.29. The SMILES string of the molecule is CC(C)=C(c1ccccn1)S(=O)(=O)C(=C(C)C)c1ccccn1. The van der Waals surface area contributed by atoms with Crippen LogP contribution in [-0.2, 0) is 9.84 Å². The second kappa shape index (κ2) is 6.87. The lowest BCUT2D eigenvalue weighted by molar-refractivity contribution is 0.614. The first kappa shape index (κ1) is 17.1. The molecule has 0 atom stereocenters. The van der Waals surface area contributed by atoms with Crippen molar-refractivity contribution in [2.75, 3.05) is 0 Å². The van der Waals surface area contributed by atoms with E-state index in [0.717, 1.165) is 0 Å². The summed E-state index contributed by atoms with van der Waals surface area (Å²) in [7, 11) is -3.73. The molecule has 0 aliphatic heterocycles. The van der Waals surface area contributed by atoms with E-state index in [1.54, 1.807) is 76.5 Å². The molecule has 0 unspecified atom stereocenters. The van der Waals surface area contributed by atoms with Crippen molar-refractivity contribution in [2.45, 2.75) is 27.7 Å². The summed E-state index contributed by atoms with van der Waals surface area (Å²) in [4.78, 5) is 8.92. The quantitative estimate of drug-likeness (QED) is 0.848. The van der Waals surface area contributed by atoms with E-state index in [0.29, 0.717) is 22.5 Å². The van der Waals surface area contributed by atoms with Gasteiger partial charge in [-0.1, -0.05) is 23.3 Å². The van der Waals surface area contributed by atoms with E-state index >= 15 is 0 Å². The number of pyridine rings is 2. The molecule has 4 nitrogen and oxygen atoms in total. The van der Waals surface area contributed by atoms with Gasteiger partial charge in [-0.25, -0.2) is 8.42 Å². The molecule has 0 spiro atoms. The van der Waals surface area contributed by atoms with Crippen molar-refractivity contribution in [2.24, 2.45) is 0 Å². The van der Waals surface area contributed by atoms with Crippen molar-refractivity contribution in [3.8, 4) is 0 Å². The van der Waals surface area contributed by atoms with Gasteiger partial charge in [-0.05, 0) is 52.0 Å². The fourth-order valence-electron chi connectivity index (χ4n) is 2.42. The molecular formula is C18H20N2O2S. The number of allylic oxidation sites excluding steroid dienone is 2. The molecule has 23 heavy (non-hydrogen) atoms. The van der Waals surface area contributed by atoms with Gasteiger partial charge in [0.25, 0.3) is 0 Å². The summed E-state index contributed by atoms with van der Waals surface area (Å²) in [5.41, 5.74) is 2.28. The summed E-state index contributed by atoms with van der Waals surface area (Å²) in [6.45, 7) is 7.12. The van der Waals surface area contributed by atoms with Crippen LogP contribution in [0.1, 0.15) is 39.1 Å². The maximum absolute atomic E-state index is 13.3. The van der Waals surface area contributed by atoms with Crippen LogP contribution >= 0.6 is 0 Å². The van der Waals surface area contributed by atoms with E-state index in [2.05, 4.69) is 9.97 Å². The molecule has 0 aliphatic rings. The highest BCUT2D eigenvalue weighted by molar-refractivity contribution is 8.09. The van der Waals surface area contributed by atoms with Gasteiger partial charge in [-0.3, -0.25) is 9.97 Å². The van der Waals surface area contributed by atoms with Crippen LogP contribution in [0.5, 0.6) is 0 Å². The zero-order chi connectivity index (χ0) is 17.0. The summed E-state index contributed by atoms with van der Waals surface area (Å²) >= 11 is 0. The second-order valence-electron chi connectivity index (χ2n) is 5.59. The van der Waals surface area contributed by atoms with Gasteiger partial charge < -0.3 is 0 Å². The topological polar surface area (TPSA) is 59.9 Å². The van der Waals surface area contributed by atoms with Crippen molar-refractivity contribution >= 4 is 19.6 Å². The van der Waals surface area contributed by atoms with Crippen molar-refractivity contribution in [3.05, 3.63) is 71.3 Å². The van der Waals surface area contributed by atoms with Gasteiger partial charge in [0.1, 0.15) is 0 Å². The van der Waals surface area contributed by atoms with Crippen molar-refractivity contribution in [3.63, 3.8) is 0 Å². The molecule has 5 heteroatoms. The van der Waals surface area contributed by atoms with Crippen molar-refractivity contribution in [1.29, 1.82) is 0 Å². The summed E-state index contributed by atoms with van der Waals surface area (Å²) in [5.74, 6) is 0. The Bertz CT molecular complexity index is 777. The number of nitrogens with zero attached hydrogens (tertiary/aromatic N) is 2. The molecule has 0 radical (unpaired) electrons. The normalized spacial score (nSPS) is 11.0. The van der Waals surface area contributed by atoms with Gasteiger partial charge in [-0.15, -0.1) is 0 Å². The summed E-state index contributed by atoms with van der Waals surface area (Å²) in [6, 6.07) is 10.5. The Kier molecular flexibility index (Phi) is 5.11. The molecule has 0 saturated carbocycles. The number of rotatable bonds is 4. The average molecular weight is 328 g/mol. The standard InChI is InChI=1S/C18H20N2O2S/c1-13(2)17(15-9-5-7-11-19-15)23(21,22)18(14(3)4)16-10-6-8-12-20-16/h5-12H,1-4H3. The zero-order valence-corrected chi connectivity index (χ0v) is 14.6. The predicted molar refractivity (Wildman–Crippen MR) is 93.9 cm³/mol. The molecule has 0 N–H and O–H groups in total. The third kappa shape index (κ3) is 3.56. The smallest absolute Gasteiger partial charge is 0.210 e. The van der Waals surface area contributed by atoms with E-state index in [1.165, 1.54) is 0 Å². The predicted octanol–water partition coefficient (Wildman–Crippen LogP) is 4.09. The molecule has 0 saturated heterocycles. The number of aromatic nitrogens is 2. The van der Waals surface area contributed by atoms with Gasteiger partial charge in [0.15, 0.2) is 0 Å². The molecule has 2 rings (SSSR count). The third-order valence-electron chi connectivity index (χ3n) is 3.24. The lowest BCUT2D eigenvalue weighted by Gasteiger charge is -2.15. The highest BCUT2D eigenvalue weighted by Crippen LogP contribution is 2.35. The molecule has 2 heterocycles. The van der Waals surface area contributed by atoms with Crippen LogP contribution in [0.3, 0.4) is 0 Å². The first-order chi connectivity index (χ1) is 10.9. The Morgan fingerprint density at radius 1 is 0.739 bits per heavy atom. The van der Waals surface area contributed by atoms with Crippen LogP contribution in [0.15, 0.2) is 59.9 Å². The Morgan fingerprint density at radius 2 is 1.13 bits per heavy atom. The Morgan fingerprint density at radius 3 is 1.39 bits per heavy atom. The zero-order valence-electron chi connectivity index (χ0n) is 13.7. The van der Waals surface area contributed by atoms with Gasteiger partial charge in [-0.2, -0.15) is 0 Å². The van der Waals surface area contributed by atoms with Gasteiger partial charge in [0, 0.05) is 12.4 Å². The minimum Gasteiger partial charge on any atom is -0.256 e. The van der Waals surface area contributed by atoms with Gasteiger partial charge in [0.2, 0.25) is 9.84 Å². The first-order valence-corrected chi connectivity index (χ1v) is 8.77. The largest absolute Gasteiger partial charge is 0.256 e. The van der Waals surface area contributed by atoms with E-state index in [-0.39, 0.29) is 9.81 Å². The molecule has 2 aromatic rings. The average Bonchev–Trinajstić information content (AvgIpc) is 2.48. The molecule has 0 fully saturated rings. The Hall–Kier alpha value is -2.27. The Labute approximate surface area is 137 Å². The van der Waals surface area contributed by atoms with Crippen molar-refractivity contribution < 1.29 is 8.42 Å².